The third-order valence-corrected chi connectivity index (χ3v) is 5.30. The zero-order valence-corrected chi connectivity index (χ0v) is 19.8. The highest BCUT2D eigenvalue weighted by atomic mass is 127. The lowest BCUT2D eigenvalue weighted by molar-refractivity contribution is -0.126. The molecule has 2 rings (SSSR count). The summed E-state index contributed by atoms with van der Waals surface area (Å²) in [6.45, 7) is 8.09. The van der Waals surface area contributed by atoms with Crippen LogP contribution in [0.1, 0.15) is 65.2 Å². The predicted molar refractivity (Wildman–Crippen MR) is 124 cm³/mol. The van der Waals surface area contributed by atoms with Crippen LogP contribution in [0.4, 0.5) is 0 Å². The van der Waals surface area contributed by atoms with E-state index in [1.165, 1.54) is 12.8 Å². The van der Waals surface area contributed by atoms with Gasteiger partial charge in [0.1, 0.15) is 0 Å². The van der Waals surface area contributed by atoms with Crippen LogP contribution in [-0.4, -0.2) is 62.1 Å². The molecule has 0 aromatic heterocycles. The van der Waals surface area contributed by atoms with E-state index in [4.69, 9.17) is 4.99 Å². The highest BCUT2D eigenvalue weighted by molar-refractivity contribution is 14.0. The van der Waals surface area contributed by atoms with Crippen molar-refractivity contribution in [2.24, 2.45) is 10.9 Å². The maximum Gasteiger partial charge on any atom is 0.223 e. The number of carbonyl (C=O) groups is 1. The van der Waals surface area contributed by atoms with Crippen molar-refractivity contribution in [3.63, 3.8) is 0 Å². The number of halogens is 1. The highest BCUT2D eigenvalue weighted by Gasteiger charge is 2.31. The molecule has 6 nitrogen and oxygen atoms in total. The molecule has 7 heteroatoms. The Hall–Kier alpha value is -0.570. The van der Waals surface area contributed by atoms with Gasteiger partial charge in [0.05, 0.1) is 6.54 Å². The Morgan fingerprint density at radius 3 is 2.52 bits per heavy atom. The number of likely N-dealkylation sites (N-methyl/N-ethyl adjacent to an activating group) is 1. The van der Waals surface area contributed by atoms with Gasteiger partial charge in [-0.1, -0.05) is 19.8 Å². The number of hydrogen-bond acceptors (Lipinski definition) is 3. The van der Waals surface area contributed by atoms with E-state index in [0.717, 1.165) is 70.7 Å². The molecule has 2 saturated carbocycles. The number of nitrogens with one attached hydrogen (secondary N) is 3. The fraction of sp³-hybridized carbons (Fsp3) is 0.900. The molecule has 0 spiro atoms. The van der Waals surface area contributed by atoms with Gasteiger partial charge in [-0.15, -0.1) is 24.0 Å². The van der Waals surface area contributed by atoms with Gasteiger partial charge in [-0.3, -0.25) is 9.79 Å². The number of guanidine groups is 1. The van der Waals surface area contributed by atoms with Crippen molar-refractivity contribution in [2.75, 3.05) is 33.2 Å². The van der Waals surface area contributed by atoms with Gasteiger partial charge in [0.15, 0.2) is 5.96 Å². The summed E-state index contributed by atoms with van der Waals surface area (Å²) in [6.07, 6.45) is 8.95. The van der Waals surface area contributed by atoms with Gasteiger partial charge >= 0.3 is 0 Å². The first kappa shape index (κ1) is 24.5. The van der Waals surface area contributed by atoms with Crippen LogP contribution >= 0.6 is 24.0 Å². The van der Waals surface area contributed by atoms with Crippen molar-refractivity contribution < 1.29 is 4.79 Å². The van der Waals surface area contributed by atoms with E-state index in [9.17, 15) is 4.79 Å². The molecule has 158 valence electrons. The lowest BCUT2D eigenvalue weighted by atomic mass is 9.85. The molecule has 0 bridgehead atoms. The van der Waals surface area contributed by atoms with E-state index in [2.05, 4.69) is 41.7 Å². The third kappa shape index (κ3) is 9.96. The summed E-state index contributed by atoms with van der Waals surface area (Å²) >= 11 is 0. The summed E-state index contributed by atoms with van der Waals surface area (Å²) in [4.78, 5) is 19.4. The largest absolute Gasteiger partial charge is 0.357 e. The van der Waals surface area contributed by atoms with Crippen molar-refractivity contribution >= 4 is 35.8 Å². The summed E-state index contributed by atoms with van der Waals surface area (Å²) in [7, 11) is 2.16. The molecule has 2 unspecified atom stereocenters. The van der Waals surface area contributed by atoms with Gasteiger partial charge in [0.25, 0.3) is 0 Å². The Labute approximate surface area is 182 Å². The first-order chi connectivity index (χ1) is 12.6. The second-order valence-electron chi connectivity index (χ2n) is 7.91. The Morgan fingerprint density at radius 2 is 1.85 bits per heavy atom. The summed E-state index contributed by atoms with van der Waals surface area (Å²) in [5.41, 5.74) is 0. The van der Waals surface area contributed by atoms with Crippen LogP contribution in [0.3, 0.4) is 0 Å². The monoisotopic (exact) mass is 493 g/mol. The zero-order valence-electron chi connectivity index (χ0n) is 17.4. The predicted octanol–water partition coefficient (Wildman–Crippen LogP) is 2.73. The van der Waals surface area contributed by atoms with Crippen molar-refractivity contribution in [1.29, 1.82) is 0 Å². The molecule has 2 fully saturated rings. The van der Waals surface area contributed by atoms with Gasteiger partial charge in [0, 0.05) is 31.1 Å². The molecule has 0 aromatic carbocycles. The van der Waals surface area contributed by atoms with Crippen LogP contribution in [-0.2, 0) is 4.79 Å². The molecule has 3 N–H and O–H groups in total. The van der Waals surface area contributed by atoms with Crippen LogP contribution in [0.25, 0.3) is 0 Å². The fourth-order valence-corrected chi connectivity index (χ4v) is 3.49. The number of rotatable bonds is 10. The summed E-state index contributed by atoms with van der Waals surface area (Å²) in [6, 6.07) is 0.800. The highest BCUT2D eigenvalue weighted by Crippen LogP contribution is 2.26. The van der Waals surface area contributed by atoms with Crippen LogP contribution in [0.15, 0.2) is 4.99 Å². The van der Waals surface area contributed by atoms with Gasteiger partial charge in [-0.2, -0.15) is 0 Å². The van der Waals surface area contributed by atoms with Crippen LogP contribution < -0.4 is 16.0 Å². The Balaban J connectivity index is 0.00000364. The average Bonchev–Trinajstić information content (AvgIpc) is 3.44. The number of hydrogen-bond donors (Lipinski definition) is 3. The summed E-state index contributed by atoms with van der Waals surface area (Å²) in [5, 5.41) is 10.1. The second kappa shape index (κ2) is 13.6. The van der Waals surface area contributed by atoms with Gasteiger partial charge in [-0.25, -0.2) is 0 Å². The molecule has 2 aliphatic carbocycles. The standard InChI is InChI=1S/C20H39N5O.HI/c1-4-6-13-25(3)14-12-22-20(21-5-2)24-18-9-7-8-16(15-18)19(26)23-17-10-11-17;/h16-18H,4-15H2,1-3H3,(H,23,26)(H2,21,22,24);1H. The fourth-order valence-electron chi connectivity index (χ4n) is 3.49. The lowest BCUT2D eigenvalue weighted by Gasteiger charge is -2.30. The number of aliphatic imine (C=N–C) groups is 1. The molecule has 2 aliphatic rings. The molecule has 0 radical (unpaired) electrons. The first-order valence-electron chi connectivity index (χ1n) is 10.7. The number of unbranched alkanes of at least 4 members (excludes halogenated alkanes) is 1. The van der Waals surface area contributed by atoms with Gasteiger partial charge in [0.2, 0.25) is 5.91 Å². The molecule has 0 saturated heterocycles. The molecular formula is C20H40IN5O. The topological polar surface area (TPSA) is 68.8 Å². The Kier molecular flexibility index (Phi) is 12.3. The number of amides is 1. The van der Waals surface area contributed by atoms with E-state index in [-0.39, 0.29) is 35.8 Å². The summed E-state index contributed by atoms with van der Waals surface area (Å²) < 4.78 is 0. The van der Waals surface area contributed by atoms with E-state index in [1.54, 1.807) is 0 Å². The van der Waals surface area contributed by atoms with Crippen LogP contribution in [0.5, 0.6) is 0 Å². The minimum atomic E-state index is 0. The minimum absolute atomic E-state index is 0. The molecule has 27 heavy (non-hydrogen) atoms. The van der Waals surface area contributed by atoms with Crippen LogP contribution in [0, 0.1) is 5.92 Å². The zero-order chi connectivity index (χ0) is 18.8. The second-order valence-corrected chi connectivity index (χ2v) is 7.91. The van der Waals surface area contributed by atoms with Gasteiger partial charge in [-0.05, 0) is 59.0 Å². The third-order valence-electron chi connectivity index (χ3n) is 5.30. The van der Waals surface area contributed by atoms with E-state index >= 15 is 0 Å². The molecule has 0 aromatic rings. The molecule has 1 amide bonds. The minimum Gasteiger partial charge on any atom is -0.357 e. The first-order valence-corrected chi connectivity index (χ1v) is 10.7. The SMILES string of the molecule is CCCCN(C)CCN=C(NCC)NC1CCCC(C(=O)NC2CC2)C1.I. The van der Waals surface area contributed by atoms with E-state index in [1.807, 2.05) is 0 Å². The maximum atomic E-state index is 12.3. The smallest absolute Gasteiger partial charge is 0.223 e. The molecule has 0 aliphatic heterocycles. The van der Waals surface area contributed by atoms with Crippen molar-refractivity contribution in [2.45, 2.75) is 77.3 Å². The van der Waals surface area contributed by atoms with Crippen LogP contribution in [0.2, 0.25) is 0 Å². The average molecular weight is 493 g/mol. The Bertz CT molecular complexity index is 456. The molecule has 0 heterocycles. The molecule has 2 atom stereocenters. The Morgan fingerprint density at radius 1 is 1.07 bits per heavy atom. The van der Waals surface area contributed by atoms with E-state index in [0.29, 0.717) is 12.1 Å². The summed E-state index contributed by atoms with van der Waals surface area (Å²) in [5.74, 6) is 1.31. The van der Waals surface area contributed by atoms with Gasteiger partial charge < -0.3 is 20.9 Å². The van der Waals surface area contributed by atoms with E-state index < -0.39 is 0 Å². The van der Waals surface area contributed by atoms with Crippen molar-refractivity contribution in [1.82, 2.24) is 20.9 Å². The van der Waals surface area contributed by atoms with Crippen molar-refractivity contribution in [3.05, 3.63) is 0 Å². The lowest BCUT2D eigenvalue weighted by Crippen LogP contribution is -2.47. The number of nitrogens with zero attached hydrogens (tertiary/aromatic N) is 2. The molecular weight excluding hydrogens is 453 g/mol. The number of carbonyl (C=O) groups excluding carboxylic acids is 1. The maximum absolute atomic E-state index is 12.3. The normalized spacial score (nSPS) is 22.9. The van der Waals surface area contributed by atoms with Crippen molar-refractivity contribution in [3.8, 4) is 0 Å². The quantitative estimate of drug-likeness (QED) is 0.249.